The Morgan fingerprint density at radius 2 is 1.29 bits per heavy atom. The van der Waals surface area contributed by atoms with E-state index in [0.29, 0.717) is 0 Å². The molecule has 2 nitrogen and oxygen atoms in total. The van der Waals surface area contributed by atoms with Crippen molar-refractivity contribution >= 4 is 10.9 Å². The first-order valence-corrected chi connectivity index (χ1v) is 12.1. The van der Waals surface area contributed by atoms with Crippen molar-refractivity contribution in [1.29, 1.82) is 0 Å². The van der Waals surface area contributed by atoms with Gasteiger partial charge in [-0.05, 0) is 70.0 Å². The number of nitrogens with zero attached hydrogens (tertiary/aromatic N) is 1. The first kappa shape index (κ1) is 22.9. The summed E-state index contributed by atoms with van der Waals surface area (Å²) in [6.07, 6.45) is 1.89. The van der Waals surface area contributed by atoms with E-state index in [2.05, 4.69) is 100 Å². The molecule has 0 amide bonds. The summed E-state index contributed by atoms with van der Waals surface area (Å²) in [6.45, 7) is 8.88. The third-order valence-corrected chi connectivity index (χ3v) is 6.70. The van der Waals surface area contributed by atoms with Crippen LogP contribution in [0.15, 0.2) is 97.2 Å². The Morgan fingerprint density at radius 1 is 0.686 bits per heavy atom. The van der Waals surface area contributed by atoms with Gasteiger partial charge in [-0.15, -0.1) is 0 Å². The summed E-state index contributed by atoms with van der Waals surface area (Å²) in [6, 6.07) is 32.6. The van der Waals surface area contributed by atoms with Crippen molar-refractivity contribution in [3.8, 4) is 39.1 Å². The summed E-state index contributed by atoms with van der Waals surface area (Å²) in [4.78, 5) is 4.92. The summed E-state index contributed by atoms with van der Waals surface area (Å²) in [5.74, 6) is 0.852. The molecule has 0 unspecified atom stereocenters. The van der Waals surface area contributed by atoms with Gasteiger partial charge in [0.05, 0.1) is 12.6 Å². The van der Waals surface area contributed by atoms with Gasteiger partial charge in [0.2, 0.25) is 0 Å². The number of rotatable bonds is 4. The van der Waals surface area contributed by atoms with Crippen LogP contribution >= 0.6 is 0 Å². The minimum atomic E-state index is 0.109. The van der Waals surface area contributed by atoms with Crippen LogP contribution in [-0.2, 0) is 5.41 Å². The molecule has 1 aromatic heterocycles. The van der Waals surface area contributed by atoms with Crippen molar-refractivity contribution < 1.29 is 4.74 Å². The number of aryl methyl sites for hydroxylation is 1. The standard InChI is InChI=1S/C33H31NO/c1-22-8-10-25(11-9-22)31-30(24-12-16-26(17-13-24)33(2,3)4)21-29(28-7-6-20-34-32(28)31)23-14-18-27(35-5)19-15-23/h6-21H,1-5H3. The zero-order valence-corrected chi connectivity index (χ0v) is 21.1. The largest absolute Gasteiger partial charge is 0.497 e. The maximum atomic E-state index is 5.40. The molecule has 0 spiro atoms. The molecule has 4 aromatic carbocycles. The van der Waals surface area contributed by atoms with E-state index in [4.69, 9.17) is 9.72 Å². The number of pyridine rings is 1. The number of hydrogen-bond acceptors (Lipinski definition) is 2. The topological polar surface area (TPSA) is 22.1 Å². The van der Waals surface area contributed by atoms with E-state index in [9.17, 15) is 0 Å². The molecule has 0 saturated carbocycles. The summed E-state index contributed by atoms with van der Waals surface area (Å²) < 4.78 is 5.40. The third-order valence-electron chi connectivity index (χ3n) is 6.70. The molecule has 5 aromatic rings. The van der Waals surface area contributed by atoms with Crippen LogP contribution in [-0.4, -0.2) is 12.1 Å². The molecule has 0 N–H and O–H groups in total. The first-order chi connectivity index (χ1) is 16.8. The average molecular weight is 458 g/mol. The molecule has 35 heavy (non-hydrogen) atoms. The highest BCUT2D eigenvalue weighted by atomic mass is 16.5. The fraction of sp³-hybridized carbons (Fsp3) is 0.182. The smallest absolute Gasteiger partial charge is 0.118 e. The van der Waals surface area contributed by atoms with E-state index in [1.807, 2.05) is 24.4 Å². The van der Waals surface area contributed by atoms with Crippen LogP contribution in [0.25, 0.3) is 44.3 Å². The second-order valence-corrected chi connectivity index (χ2v) is 10.2. The number of fused-ring (bicyclic) bond motifs is 1. The summed E-state index contributed by atoms with van der Waals surface area (Å²) in [7, 11) is 1.70. The number of benzene rings is 4. The van der Waals surface area contributed by atoms with Crippen LogP contribution in [0, 0.1) is 6.92 Å². The van der Waals surface area contributed by atoms with E-state index >= 15 is 0 Å². The molecule has 0 aliphatic heterocycles. The molecule has 174 valence electrons. The van der Waals surface area contributed by atoms with Crippen molar-refractivity contribution in [3.05, 3.63) is 108 Å². The lowest BCUT2D eigenvalue weighted by Crippen LogP contribution is -2.10. The van der Waals surface area contributed by atoms with Gasteiger partial charge in [-0.1, -0.05) is 93.1 Å². The van der Waals surface area contributed by atoms with Crippen LogP contribution in [0.4, 0.5) is 0 Å². The van der Waals surface area contributed by atoms with E-state index in [1.165, 1.54) is 38.9 Å². The zero-order chi connectivity index (χ0) is 24.6. The second kappa shape index (κ2) is 9.03. The van der Waals surface area contributed by atoms with Crippen molar-refractivity contribution in [1.82, 2.24) is 4.98 Å². The Balaban J connectivity index is 1.82. The Morgan fingerprint density at radius 3 is 1.91 bits per heavy atom. The number of aromatic nitrogens is 1. The molecule has 0 aliphatic carbocycles. The highest BCUT2D eigenvalue weighted by Gasteiger charge is 2.19. The third kappa shape index (κ3) is 4.44. The molecule has 0 atom stereocenters. The highest BCUT2D eigenvalue weighted by molar-refractivity contribution is 6.08. The lowest BCUT2D eigenvalue weighted by Gasteiger charge is -2.21. The Hall–Kier alpha value is -3.91. The Kier molecular flexibility index (Phi) is 5.90. The lowest BCUT2D eigenvalue weighted by atomic mass is 9.84. The van der Waals surface area contributed by atoms with Gasteiger partial charge in [0.15, 0.2) is 0 Å². The molecule has 1 heterocycles. The highest BCUT2D eigenvalue weighted by Crippen LogP contribution is 2.42. The van der Waals surface area contributed by atoms with Crippen molar-refractivity contribution in [3.63, 3.8) is 0 Å². The van der Waals surface area contributed by atoms with Crippen molar-refractivity contribution in [2.75, 3.05) is 7.11 Å². The summed E-state index contributed by atoms with van der Waals surface area (Å²) >= 11 is 0. The summed E-state index contributed by atoms with van der Waals surface area (Å²) in [5, 5.41) is 1.14. The minimum Gasteiger partial charge on any atom is -0.497 e. The number of methoxy groups -OCH3 is 1. The number of hydrogen-bond donors (Lipinski definition) is 0. The predicted octanol–water partition coefficient (Wildman–Crippen LogP) is 8.85. The van der Waals surface area contributed by atoms with Crippen LogP contribution < -0.4 is 4.74 Å². The molecule has 0 aliphatic rings. The van der Waals surface area contributed by atoms with Gasteiger partial charge in [-0.25, -0.2) is 0 Å². The van der Waals surface area contributed by atoms with Gasteiger partial charge < -0.3 is 4.74 Å². The zero-order valence-electron chi connectivity index (χ0n) is 21.1. The molecule has 0 fully saturated rings. The van der Waals surface area contributed by atoms with Crippen LogP contribution in [0.5, 0.6) is 5.75 Å². The molecular formula is C33H31NO. The van der Waals surface area contributed by atoms with E-state index in [0.717, 1.165) is 22.2 Å². The van der Waals surface area contributed by atoms with Gasteiger partial charge in [-0.2, -0.15) is 0 Å². The van der Waals surface area contributed by atoms with Gasteiger partial charge in [0.1, 0.15) is 5.75 Å². The lowest BCUT2D eigenvalue weighted by molar-refractivity contribution is 0.415. The molecule has 5 rings (SSSR count). The van der Waals surface area contributed by atoms with Gasteiger partial charge in [0.25, 0.3) is 0 Å². The predicted molar refractivity (Wildman–Crippen MR) is 148 cm³/mol. The average Bonchev–Trinajstić information content (AvgIpc) is 2.88. The van der Waals surface area contributed by atoms with Crippen LogP contribution in [0.3, 0.4) is 0 Å². The van der Waals surface area contributed by atoms with E-state index < -0.39 is 0 Å². The van der Waals surface area contributed by atoms with Gasteiger partial charge in [0, 0.05) is 17.1 Å². The van der Waals surface area contributed by atoms with Gasteiger partial charge in [-0.3, -0.25) is 4.98 Å². The maximum absolute atomic E-state index is 5.40. The molecule has 0 radical (unpaired) electrons. The van der Waals surface area contributed by atoms with Crippen molar-refractivity contribution in [2.24, 2.45) is 0 Å². The van der Waals surface area contributed by atoms with Crippen LogP contribution in [0.1, 0.15) is 31.9 Å². The fourth-order valence-electron chi connectivity index (χ4n) is 4.64. The van der Waals surface area contributed by atoms with E-state index in [-0.39, 0.29) is 5.41 Å². The Labute approximate surface area is 208 Å². The van der Waals surface area contributed by atoms with Gasteiger partial charge >= 0.3 is 0 Å². The maximum Gasteiger partial charge on any atom is 0.118 e. The summed E-state index contributed by atoms with van der Waals surface area (Å²) in [5.41, 5.74) is 10.7. The normalized spacial score (nSPS) is 11.6. The fourth-order valence-corrected chi connectivity index (χ4v) is 4.64. The number of ether oxygens (including phenoxy) is 1. The Bertz CT molecular complexity index is 1470. The minimum absolute atomic E-state index is 0.109. The van der Waals surface area contributed by atoms with Crippen molar-refractivity contribution in [2.45, 2.75) is 33.1 Å². The SMILES string of the molecule is COc1ccc(-c2cc(-c3ccc(C(C)(C)C)cc3)c(-c3ccc(C)cc3)c3ncccc23)cc1. The molecule has 0 saturated heterocycles. The monoisotopic (exact) mass is 457 g/mol. The molecular weight excluding hydrogens is 426 g/mol. The second-order valence-electron chi connectivity index (χ2n) is 10.2. The van der Waals surface area contributed by atoms with Crippen LogP contribution in [0.2, 0.25) is 0 Å². The molecule has 0 bridgehead atoms. The first-order valence-electron chi connectivity index (χ1n) is 12.1. The van der Waals surface area contributed by atoms with E-state index in [1.54, 1.807) is 7.11 Å². The molecule has 2 heteroatoms. The quantitative estimate of drug-likeness (QED) is 0.269.